The van der Waals surface area contributed by atoms with E-state index in [2.05, 4.69) is 10.6 Å². The number of carbonyl (C=O) groups is 3. The molecule has 0 aliphatic heterocycles. The maximum Gasteiger partial charge on any atom is 0.349 e. The van der Waals surface area contributed by atoms with Crippen LogP contribution in [0.2, 0.25) is 0 Å². The summed E-state index contributed by atoms with van der Waals surface area (Å²) in [5.74, 6) is -0.786. The third-order valence-corrected chi connectivity index (χ3v) is 4.70. The van der Waals surface area contributed by atoms with Gasteiger partial charge in [-0.25, -0.2) is 9.59 Å². The van der Waals surface area contributed by atoms with Crippen molar-refractivity contribution < 1.29 is 23.5 Å². The molecule has 2 N–H and O–H groups in total. The third kappa shape index (κ3) is 5.08. The standard InChI is InChI=1S/C20H18N2O5S/c1-13-4-6-14(7-5-13)16-8-10-28-18(16)19(24)27-12-17(23)22-20(25)21-11-15-3-2-9-26-15/h2-10H,11-12H2,1H3,(H2,21,22,23,25). The number of imide groups is 1. The van der Waals surface area contributed by atoms with Gasteiger partial charge in [0.1, 0.15) is 10.6 Å². The first-order valence-electron chi connectivity index (χ1n) is 8.44. The Morgan fingerprint density at radius 3 is 2.61 bits per heavy atom. The number of ether oxygens (including phenoxy) is 1. The van der Waals surface area contributed by atoms with Gasteiger partial charge in [-0.1, -0.05) is 29.8 Å². The highest BCUT2D eigenvalue weighted by Gasteiger charge is 2.18. The zero-order valence-electron chi connectivity index (χ0n) is 15.1. The van der Waals surface area contributed by atoms with E-state index in [0.29, 0.717) is 10.6 Å². The molecule has 0 aliphatic rings. The molecule has 0 unspecified atom stereocenters. The molecular formula is C20H18N2O5S. The molecule has 8 heteroatoms. The third-order valence-electron chi connectivity index (χ3n) is 3.80. The SMILES string of the molecule is Cc1ccc(-c2ccsc2C(=O)OCC(=O)NC(=O)NCc2ccco2)cc1. The largest absolute Gasteiger partial charge is 0.467 e. The molecule has 0 bridgehead atoms. The van der Waals surface area contributed by atoms with E-state index in [-0.39, 0.29) is 6.54 Å². The van der Waals surface area contributed by atoms with Gasteiger partial charge >= 0.3 is 12.0 Å². The van der Waals surface area contributed by atoms with Crippen LogP contribution in [0.25, 0.3) is 11.1 Å². The summed E-state index contributed by atoms with van der Waals surface area (Å²) in [6, 6.07) is 12.3. The van der Waals surface area contributed by atoms with Gasteiger partial charge in [0.25, 0.3) is 5.91 Å². The maximum atomic E-state index is 12.3. The lowest BCUT2D eigenvalue weighted by Crippen LogP contribution is -2.41. The van der Waals surface area contributed by atoms with Gasteiger partial charge in [-0.15, -0.1) is 11.3 Å². The number of nitrogens with one attached hydrogen (secondary N) is 2. The molecule has 1 aromatic carbocycles. The summed E-state index contributed by atoms with van der Waals surface area (Å²) in [6.45, 7) is 1.56. The molecule has 0 atom stereocenters. The summed E-state index contributed by atoms with van der Waals surface area (Å²) in [5, 5.41) is 6.34. The number of thiophene rings is 1. The average Bonchev–Trinajstić information content (AvgIpc) is 3.37. The molecular weight excluding hydrogens is 380 g/mol. The minimum Gasteiger partial charge on any atom is -0.467 e. The first-order valence-corrected chi connectivity index (χ1v) is 9.32. The summed E-state index contributed by atoms with van der Waals surface area (Å²) in [4.78, 5) is 36.2. The Labute approximate surface area is 165 Å². The number of hydrogen-bond acceptors (Lipinski definition) is 6. The molecule has 0 saturated carbocycles. The van der Waals surface area contributed by atoms with Crippen molar-refractivity contribution >= 4 is 29.2 Å². The minimum atomic E-state index is -0.723. The summed E-state index contributed by atoms with van der Waals surface area (Å²) in [7, 11) is 0. The predicted molar refractivity (Wildman–Crippen MR) is 104 cm³/mol. The van der Waals surface area contributed by atoms with Crippen molar-refractivity contribution in [3.8, 4) is 11.1 Å². The highest BCUT2D eigenvalue weighted by atomic mass is 32.1. The van der Waals surface area contributed by atoms with E-state index in [1.54, 1.807) is 17.5 Å². The topological polar surface area (TPSA) is 97.6 Å². The fourth-order valence-corrected chi connectivity index (χ4v) is 3.22. The molecule has 0 aliphatic carbocycles. The van der Waals surface area contributed by atoms with Crippen LogP contribution in [0.5, 0.6) is 0 Å². The fourth-order valence-electron chi connectivity index (χ4n) is 2.41. The van der Waals surface area contributed by atoms with Gasteiger partial charge in [0.15, 0.2) is 6.61 Å². The smallest absolute Gasteiger partial charge is 0.349 e. The second kappa shape index (κ2) is 9.01. The summed E-state index contributed by atoms with van der Waals surface area (Å²) >= 11 is 1.23. The molecule has 2 heterocycles. The number of esters is 1. The van der Waals surface area contributed by atoms with Gasteiger partial charge in [0.05, 0.1) is 12.8 Å². The van der Waals surface area contributed by atoms with E-state index in [4.69, 9.17) is 9.15 Å². The Hall–Kier alpha value is -3.39. The van der Waals surface area contributed by atoms with Gasteiger partial charge < -0.3 is 14.5 Å². The molecule has 0 saturated heterocycles. The van der Waals surface area contributed by atoms with Gasteiger partial charge in [-0.3, -0.25) is 10.1 Å². The van der Waals surface area contributed by atoms with Crippen molar-refractivity contribution in [3.63, 3.8) is 0 Å². The molecule has 3 amide bonds. The van der Waals surface area contributed by atoms with Crippen LogP contribution in [0.4, 0.5) is 4.79 Å². The lowest BCUT2D eigenvalue weighted by Gasteiger charge is -2.07. The van der Waals surface area contributed by atoms with Crippen molar-refractivity contribution in [1.82, 2.24) is 10.6 Å². The van der Waals surface area contributed by atoms with E-state index in [0.717, 1.165) is 16.7 Å². The van der Waals surface area contributed by atoms with Crippen LogP contribution in [0, 0.1) is 6.92 Å². The predicted octanol–water partition coefficient (Wildman–Crippen LogP) is 3.50. The molecule has 2 aromatic heterocycles. The van der Waals surface area contributed by atoms with Crippen LogP contribution in [-0.4, -0.2) is 24.5 Å². The molecule has 144 valence electrons. The Balaban J connectivity index is 1.50. The normalized spacial score (nSPS) is 10.3. The van der Waals surface area contributed by atoms with Gasteiger partial charge in [-0.05, 0) is 36.1 Å². The molecule has 7 nitrogen and oxygen atoms in total. The summed E-state index contributed by atoms with van der Waals surface area (Å²) < 4.78 is 10.1. The van der Waals surface area contributed by atoms with Crippen molar-refractivity contribution in [3.05, 3.63) is 70.3 Å². The van der Waals surface area contributed by atoms with E-state index in [1.165, 1.54) is 17.6 Å². The van der Waals surface area contributed by atoms with Crippen LogP contribution in [0.1, 0.15) is 21.0 Å². The van der Waals surface area contributed by atoms with Crippen LogP contribution in [0.15, 0.2) is 58.5 Å². The van der Waals surface area contributed by atoms with Crippen LogP contribution >= 0.6 is 11.3 Å². The van der Waals surface area contributed by atoms with E-state index >= 15 is 0 Å². The lowest BCUT2D eigenvalue weighted by atomic mass is 10.1. The van der Waals surface area contributed by atoms with E-state index < -0.39 is 24.5 Å². The molecule has 0 radical (unpaired) electrons. The van der Waals surface area contributed by atoms with Gasteiger partial charge in [-0.2, -0.15) is 0 Å². The Morgan fingerprint density at radius 2 is 1.89 bits per heavy atom. The van der Waals surface area contributed by atoms with Crippen molar-refractivity contribution in [2.75, 3.05) is 6.61 Å². The number of rotatable bonds is 6. The summed E-state index contributed by atoms with van der Waals surface area (Å²) in [6.07, 6.45) is 1.48. The zero-order valence-corrected chi connectivity index (χ0v) is 15.9. The first-order chi connectivity index (χ1) is 13.5. The minimum absolute atomic E-state index is 0.140. The Morgan fingerprint density at radius 1 is 1.11 bits per heavy atom. The van der Waals surface area contributed by atoms with Gasteiger partial charge in [0.2, 0.25) is 0 Å². The van der Waals surface area contributed by atoms with E-state index in [1.807, 2.05) is 37.3 Å². The van der Waals surface area contributed by atoms with Crippen LogP contribution in [0.3, 0.4) is 0 Å². The summed E-state index contributed by atoms with van der Waals surface area (Å²) in [5.41, 5.74) is 2.75. The second-order valence-corrected chi connectivity index (χ2v) is 6.83. The molecule has 0 fully saturated rings. The quantitative estimate of drug-likeness (QED) is 0.620. The second-order valence-electron chi connectivity index (χ2n) is 5.92. The van der Waals surface area contributed by atoms with Crippen molar-refractivity contribution in [2.24, 2.45) is 0 Å². The van der Waals surface area contributed by atoms with E-state index in [9.17, 15) is 14.4 Å². The first kappa shape index (κ1) is 19.4. The molecule has 0 spiro atoms. The van der Waals surface area contributed by atoms with Crippen LogP contribution < -0.4 is 10.6 Å². The molecule has 28 heavy (non-hydrogen) atoms. The Kier molecular flexibility index (Phi) is 6.23. The van der Waals surface area contributed by atoms with Gasteiger partial charge in [0, 0.05) is 5.56 Å². The Bertz CT molecular complexity index is 961. The molecule has 3 aromatic rings. The monoisotopic (exact) mass is 398 g/mol. The number of hydrogen-bond donors (Lipinski definition) is 2. The average molecular weight is 398 g/mol. The van der Waals surface area contributed by atoms with Crippen LogP contribution in [-0.2, 0) is 16.1 Å². The lowest BCUT2D eigenvalue weighted by molar-refractivity contribution is -0.123. The highest BCUT2D eigenvalue weighted by molar-refractivity contribution is 7.12. The maximum absolute atomic E-state index is 12.3. The van der Waals surface area contributed by atoms with Crippen molar-refractivity contribution in [1.29, 1.82) is 0 Å². The number of amides is 3. The number of urea groups is 1. The highest BCUT2D eigenvalue weighted by Crippen LogP contribution is 2.29. The fraction of sp³-hybridized carbons (Fsp3) is 0.150. The van der Waals surface area contributed by atoms with Crippen molar-refractivity contribution in [2.45, 2.75) is 13.5 Å². The molecule has 3 rings (SSSR count). The number of furan rings is 1. The number of carbonyl (C=O) groups excluding carboxylic acids is 3. The number of benzene rings is 1. The zero-order chi connectivity index (χ0) is 19.9. The number of aryl methyl sites for hydroxylation is 1.